The molecule has 106 valence electrons. The maximum atomic E-state index is 12.2. The van der Waals surface area contributed by atoms with Crippen LogP contribution in [0.25, 0.3) is 0 Å². The molecule has 2 amide bonds. The van der Waals surface area contributed by atoms with Crippen LogP contribution in [0, 0.1) is 0 Å². The van der Waals surface area contributed by atoms with Gasteiger partial charge in [0.15, 0.2) is 0 Å². The van der Waals surface area contributed by atoms with E-state index in [1.165, 1.54) is 5.56 Å². The standard InChI is InChI=1S/C15H19N3O2/c1-3-11-4-6-12(7-5-11)10-18(2)15(20)13-8-9-14(19)17-16-13/h4-7H,3,8-10H2,1-2H3,(H,17,19). The third-order valence-corrected chi connectivity index (χ3v) is 3.35. The van der Waals surface area contributed by atoms with Crippen molar-refractivity contribution in [3.8, 4) is 0 Å². The number of aryl methyl sites for hydroxylation is 1. The van der Waals surface area contributed by atoms with Gasteiger partial charge < -0.3 is 4.90 Å². The molecule has 0 aliphatic carbocycles. The maximum Gasteiger partial charge on any atom is 0.270 e. The quantitative estimate of drug-likeness (QED) is 0.903. The lowest BCUT2D eigenvalue weighted by Crippen LogP contribution is -2.37. The summed E-state index contributed by atoms with van der Waals surface area (Å²) in [6.45, 7) is 2.65. The number of rotatable bonds is 4. The molecule has 1 aliphatic heterocycles. The summed E-state index contributed by atoms with van der Waals surface area (Å²) in [5, 5.41) is 3.83. The predicted octanol–water partition coefficient (Wildman–Crippen LogP) is 1.47. The van der Waals surface area contributed by atoms with E-state index in [4.69, 9.17) is 0 Å². The van der Waals surface area contributed by atoms with Crippen LogP contribution in [0.3, 0.4) is 0 Å². The second-order valence-corrected chi connectivity index (χ2v) is 4.92. The summed E-state index contributed by atoms with van der Waals surface area (Å²) < 4.78 is 0. The Bertz CT molecular complexity index is 535. The van der Waals surface area contributed by atoms with E-state index in [-0.39, 0.29) is 11.8 Å². The molecule has 20 heavy (non-hydrogen) atoms. The average molecular weight is 273 g/mol. The number of carbonyl (C=O) groups excluding carboxylic acids is 2. The highest BCUT2D eigenvalue weighted by atomic mass is 16.2. The third kappa shape index (κ3) is 3.44. The molecule has 0 aromatic heterocycles. The largest absolute Gasteiger partial charge is 0.336 e. The van der Waals surface area contributed by atoms with Gasteiger partial charge in [-0.25, -0.2) is 5.43 Å². The molecule has 5 heteroatoms. The van der Waals surface area contributed by atoms with Crippen molar-refractivity contribution in [1.29, 1.82) is 0 Å². The first kappa shape index (κ1) is 14.2. The first-order valence-corrected chi connectivity index (χ1v) is 6.79. The van der Waals surface area contributed by atoms with Gasteiger partial charge >= 0.3 is 0 Å². The molecular formula is C15H19N3O2. The van der Waals surface area contributed by atoms with E-state index in [0.717, 1.165) is 12.0 Å². The van der Waals surface area contributed by atoms with Crippen molar-refractivity contribution in [3.63, 3.8) is 0 Å². The number of hydrogen-bond acceptors (Lipinski definition) is 3. The molecule has 0 saturated heterocycles. The molecule has 0 bridgehead atoms. The summed E-state index contributed by atoms with van der Waals surface area (Å²) in [4.78, 5) is 24.8. The predicted molar refractivity (Wildman–Crippen MR) is 77.1 cm³/mol. The Balaban J connectivity index is 1.98. The Labute approximate surface area is 118 Å². The van der Waals surface area contributed by atoms with Gasteiger partial charge in [0, 0.05) is 26.4 Å². The van der Waals surface area contributed by atoms with Gasteiger partial charge in [-0.1, -0.05) is 31.2 Å². The normalized spacial score (nSPS) is 14.5. The fourth-order valence-corrected chi connectivity index (χ4v) is 2.07. The lowest BCUT2D eigenvalue weighted by atomic mass is 10.1. The Morgan fingerprint density at radius 3 is 2.45 bits per heavy atom. The minimum Gasteiger partial charge on any atom is -0.336 e. The van der Waals surface area contributed by atoms with Gasteiger partial charge in [0.1, 0.15) is 5.71 Å². The molecule has 0 saturated carbocycles. The highest BCUT2D eigenvalue weighted by Crippen LogP contribution is 2.09. The van der Waals surface area contributed by atoms with Crippen molar-refractivity contribution in [2.75, 3.05) is 7.05 Å². The van der Waals surface area contributed by atoms with Gasteiger partial charge in [-0.05, 0) is 17.5 Å². The van der Waals surface area contributed by atoms with Crippen LogP contribution >= 0.6 is 0 Å². The van der Waals surface area contributed by atoms with E-state index in [0.29, 0.717) is 25.1 Å². The van der Waals surface area contributed by atoms with E-state index in [9.17, 15) is 9.59 Å². The van der Waals surface area contributed by atoms with Crippen LogP contribution in [0.15, 0.2) is 29.4 Å². The second-order valence-electron chi connectivity index (χ2n) is 4.92. The summed E-state index contributed by atoms with van der Waals surface area (Å²) in [6.07, 6.45) is 1.74. The van der Waals surface area contributed by atoms with Crippen LogP contribution in [-0.4, -0.2) is 29.5 Å². The summed E-state index contributed by atoms with van der Waals surface area (Å²) in [6, 6.07) is 8.22. The van der Waals surface area contributed by atoms with Crippen molar-refractivity contribution in [1.82, 2.24) is 10.3 Å². The first-order chi connectivity index (χ1) is 9.60. The molecule has 1 N–H and O–H groups in total. The van der Waals surface area contributed by atoms with Crippen molar-refractivity contribution >= 4 is 17.5 Å². The van der Waals surface area contributed by atoms with Crippen molar-refractivity contribution in [3.05, 3.63) is 35.4 Å². The molecule has 0 unspecified atom stereocenters. The summed E-state index contributed by atoms with van der Waals surface area (Å²) in [5.41, 5.74) is 5.12. The van der Waals surface area contributed by atoms with Crippen molar-refractivity contribution in [2.45, 2.75) is 32.7 Å². The number of amides is 2. The highest BCUT2D eigenvalue weighted by Gasteiger charge is 2.21. The molecule has 5 nitrogen and oxygen atoms in total. The summed E-state index contributed by atoms with van der Waals surface area (Å²) in [5.74, 6) is -0.274. The fraction of sp³-hybridized carbons (Fsp3) is 0.400. The molecule has 1 aromatic carbocycles. The van der Waals surface area contributed by atoms with Crippen LogP contribution in [0.2, 0.25) is 0 Å². The second kappa shape index (κ2) is 6.32. The van der Waals surface area contributed by atoms with Crippen LogP contribution in [-0.2, 0) is 22.6 Å². The smallest absolute Gasteiger partial charge is 0.270 e. The van der Waals surface area contributed by atoms with Gasteiger partial charge in [0.25, 0.3) is 5.91 Å². The highest BCUT2D eigenvalue weighted by molar-refractivity contribution is 6.39. The van der Waals surface area contributed by atoms with Crippen LogP contribution in [0.4, 0.5) is 0 Å². The third-order valence-electron chi connectivity index (χ3n) is 3.35. The molecule has 2 rings (SSSR count). The van der Waals surface area contributed by atoms with Gasteiger partial charge in [-0.15, -0.1) is 0 Å². The lowest BCUT2D eigenvalue weighted by molar-refractivity contribution is -0.124. The fourth-order valence-electron chi connectivity index (χ4n) is 2.07. The van der Waals surface area contributed by atoms with Crippen molar-refractivity contribution < 1.29 is 9.59 Å². The van der Waals surface area contributed by atoms with Crippen molar-refractivity contribution in [2.24, 2.45) is 5.10 Å². The number of nitrogens with zero attached hydrogens (tertiary/aromatic N) is 2. The van der Waals surface area contributed by atoms with Crippen LogP contribution < -0.4 is 5.43 Å². The van der Waals surface area contributed by atoms with E-state index in [1.807, 2.05) is 12.1 Å². The zero-order valence-electron chi connectivity index (χ0n) is 11.8. The van der Waals surface area contributed by atoms with E-state index in [1.54, 1.807) is 11.9 Å². The topological polar surface area (TPSA) is 61.8 Å². The molecule has 1 aromatic rings. The monoisotopic (exact) mass is 273 g/mol. The molecule has 1 aliphatic rings. The van der Waals surface area contributed by atoms with Gasteiger partial charge in [-0.3, -0.25) is 9.59 Å². The van der Waals surface area contributed by atoms with Gasteiger partial charge in [0.05, 0.1) is 0 Å². The Morgan fingerprint density at radius 1 is 1.25 bits per heavy atom. The minimum absolute atomic E-state index is 0.135. The zero-order valence-corrected chi connectivity index (χ0v) is 11.8. The minimum atomic E-state index is -0.139. The SMILES string of the molecule is CCc1ccc(CN(C)C(=O)C2=NNC(=O)CC2)cc1. The molecular weight excluding hydrogens is 254 g/mol. The zero-order chi connectivity index (χ0) is 14.5. The maximum absolute atomic E-state index is 12.2. The molecule has 0 spiro atoms. The van der Waals surface area contributed by atoms with E-state index >= 15 is 0 Å². The number of benzene rings is 1. The van der Waals surface area contributed by atoms with E-state index in [2.05, 4.69) is 29.6 Å². The molecule has 0 atom stereocenters. The van der Waals surface area contributed by atoms with Crippen LogP contribution in [0.1, 0.15) is 30.9 Å². The molecule has 0 fully saturated rings. The van der Waals surface area contributed by atoms with Crippen LogP contribution in [0.5, 0.6) is 0 Å². The summed E-state index contributed by atoms with van der Waals surface area (Å²) >= 11 is 0. The van der Waals surface area contributed by atoms with Gasteiger partial charge in [0.2, 0.25) is 5.91 Å². The summed E-state index contributed by atoms with van der Waals surface area (Å²) in [7, 11) is 1.75. The number of carbonyl (C=O) groups is 2. The van der Waals surface area contributed by atoms with Gasteiger partial charge in [-0.2, -0.15) is 5.10 Å². The lowest BCUT2D eigenvalue weighted by Gasteiger charge is -2.20. The molecule has 0 radical (unpaired) electrons. The van der Waals surface area contributed by atoms with E-state index < -0.39 is 0 Å². The first-order valence-electron chi connectivity index (χ1n) is 6.79. The Morgan fingerprint density at radius 2 is 1.90 bits per heavy atom. The molecule has 1 heterocycles. The number of nitrogens with one attached hydrogen (secondary N) is 1. The Kier molecular flexibility index (Phi) is 4.50. The number of hydrazone groups is 1. The average Bonchev–Trinajstić information content (AvgIpc) is 2.48. The Hall–Kier alpha value is -2.17. The number of hydrogen-bond donors (Lipinski definition) is 1.